The van der Waals surface area contributed by atoms with Crippen LogP contribution in [0.4, 0.5) is 26.0 Å². The van der Waals surface area contributed by atoms with Gasteiger partial charge in [0.2, 0.25) is 0 Å². The zero-order valence-corrected chi connectivity index (χ0v) is 19.2. The number of aliphatic hydroxyl groups is 1. The standard InChI is InChI=1S/C22H21ClF2N6O4/c1-30-11-14(10-27-30)21(34)29-18-8-13(9-26-19(18)31-7-6-16(32)12-31)20(33)28-15-2-4-17(5-3-15)35-22(23,24)25/h2-5,8-11,16,32H,6-7,12H2,1H3,(H,28,33)(H,29,34)/t16-/m1/s1. The predicted molar refractivity (Wildman–Crippen MR) is 124 cm³/mol. The number of aromatic nitrogens is 3. The van der Waals surface area contributed by atoms with Crippen molar-refractivity contribution in [3.8, 4) is 5.75 Å². The molecule has 1 aliphatic heterocycles. The van der Waals surface area contributed by atoms with E-state index in [9.17, 15) is 23.5 Å². The van der Waals surface area contributed by atoms with Gasteiger partial charge < -0.3 is 25.4 Å². The number of alkyl halides is 3. The molecule has 1 atom stereocenters. The van der Waals surface area contributed by atoms with Crippen LogP contribution in [0.3, 0.4) is 0 Å². The second-order valence-electron chi connectivity index (χ2n) is 7.87. The van der Waals surface area contributed by atoms with Crippen LogP contribution in [0.1, 0.15) is 27.1 Å². The van der Waals surface area contributed by atoms with Gasteiger partial charge in [0.05, 0.1) is 29.1 Å². The van der Waals surface area contributed by atoms with Crippen molar-refractivity contribution in [2.45, 2.75) is 18.1 Å². The summed E-state index contributed by atoms with van der Waals surface area (Å²) in [5.74, 6) is -0.745. The molecule has 0 unspecified atom stereocenters. The van der Waals surface area contributed by atoms with E-state index in [-0.39, 0.29) is 17.0 Å². The number of anilines is 3. The maximum absolute atomic E-state index is 12.8. The van der Waals surface area contributed by atoms with Gasteiger partial charge >= 0.3 is 5.57 Å². The van der Waals surface area contributed by atoms with Gasteiger partial charge in [-0.3, -0.25) is 14.3 Å². The average Bonchev–Trinajstić information content (AvgIpc) is 3.42. The average molecular weight is 507 g/mol. The number of ether oxygens (including phenoxy) is 1. The van der Waals surface area contributed by atoms with Gasteiger partial charge in [0.1, 0.15) is 5.75 Å². The third-order valence-electron chi connectivity index (χ3n) is 5.15. The fourth-order valence-corrected chi connectivity index (χ4v) is 3.63. The van der Waals surface area contributed by atoms with Crippen LogP contribution < -0.4 is 20.3 Å². The molecule has 0 radical (unpaired) electrons. The minimum absolute atomic E-state index is 0.141. The Hall–Kier alpha value is -3.77. The Morgan fingerprint density at radius 2 is 1.89 bits per heavy atom. The molecule has 184 valence electrons. The first kappa shape index (κ1) is 24.4. The summed E-state index contributed by atoms with van der Waals surface area (Å²) in [7, 11) is 1.68. The lowest BCUT2D eigenvalue weighted by Gasteiger charge is -2.21. The second kappa shape index (κ2) is 9.84. The number of nitrogens with zero attached hydrogens (tertiary/aromatic N) is 4. The summed E-state index contributed by atoms with van der Waals surface area (Å²) in [6.45, 7) is 0.870. The number of aryl methyl sites for hydroxylation is 1. The summed E-state index contributed by atoms with van der Waals surface area (Å²) in [5, 5.41) is 19.3. The van der Waals surface area contributed by atoms with E-state index < -0.39 is 23.5 Å². The molecule has 1 saturated heterocycles. The van der Waals surface area contributed by atoms with Crippen LogP contribution in [-0.2, 0) is 7.05 Å². The highest BCUT2D eigenvalue weighted by atomic mass is 35.5. The first-order valence-electron chi connectivity index (χ1n) is 10.5. The highest BCUT2D eigenvalue weighted by Gasteiger charge is 2.28. The summed E-state index contributed by atoms with van der Waals surface area (Å²) in [6.07, 6.45) is 4.33. The molecule has 3 N–H and O–H groups in total. The number of pyridine rings is 1. The molecule has 4 rings (SSSR count). The van der Waals surface area contributed by atoms with Gasteiger partial charge in [-0.25, -0.2) is 4.98 Å². The van der Waals surface area contributed by atoms with Crippen molar-refractivity contribution in [3.05, 3.63) is 60.0 Å². The Kier molecular flexibility index (Phi) is 6.85. The molecule has 3 heterocycles. The number of benzene rings is 1. The molecule has 0 aliphatic carbocycles. The molecule has 13 heteroatoms. The van der Waals surface area contributed by atoms with Crippen molar-refractivity contribution in [1.82, 2.24) is 14.8 Å². The summed E-state index contributed by atoms with van der Waals surface area (Å²) >= 11 is 4.75. The molecule has 2 aromatic heterocycles. The number of carbonyl (C=O) groups is 2. The number of hydrogen-bond acceptors (Lipinski definition) is 7. The van der Waals surface area contributed by atoms with Crippen molar-refractivity contribution >= 4 is 40.6 Å². The summed E-state index contributed by atoms with van der Waals surface area (Å²) in [5.41, 5.74) is -2.79. The van der Waals surface area contributed by atoms with Crippen molar-refractivity contribution in [2.24, 2.45) is 7.05 Å². The van der Waals surface area contributed by atoms with Crippen LogP contribution in [0.2, 0.25) is 0 Å². The van der Waals surface area contributed by atoms with Gasteiger partial charge in [0.15, 0.2) is 5.82 Å². The molecule has 0 spiro atoms. The topological polar surface area (TPSA) is 122 Å². The Morgan fingerprint density at radius 3 is 2.49 bits per heavy atom. The molecular weight excluding hydrogens is 486 g/mol. The normalized spacial score (nSPS) is 15.7. The van der Waals surface area contributed by atoms with E-state index >= 15 is 0 Å². The lowest BCUT2D eigenvalue weighted by Crippen LogP contribution is -2.25. The molecule has 2 amide bonds. The molecule has 0 bridgehead atoms. The Balaban J connectivity index is 1.55. The third kappa shape index (κ3) is 6.22. The second-order valence-corrected chi connectivity index (χ2v) is 8.31. The minimum atomic E-state index is -3.85. The van der Waals surface area contributed by atoms with E-state index in [1.165, 1.54) is 47.4 Å². The fourth-order valence-electron chi connectivity index (χ4n) is 3.54. The van der Waals surface area contributed by atoms with Crippen LogP contribution in [0.25, 0.3) is 0 Å². The SMILES string of the molecule is Cn1cc(C(=O)Nc2cc(C(=O)Nc3ccc(OC(F)(F)Cl)cc3)cnc2N2CC[C@@H](O)C2)cn1. The Labute approximate surface area is 203 Å². The van der Waals surface area contributed by atoms with Crippen LogP contribution in [-0.4, -0.2) is 56.4 Å². The lowest BCUT2D eigenvalue weighted by atomic mass is 10.2. The number of amides is 2. The van der Waals surface area contributed by atoms with E-state index in [1.807, 2.05) is 4.90 Å². The molecule has 10 nitrogen and oxygen atoms in total. The van der Waals surface area contributed by atoms with E-state index in [0.29, 0.717) is 36.6 Å². The smallest absolute Gasteiger partial charge is 0.420 e. The van der Waals surface area contributed by atoms with Crippen LogP contribution in [0, 0.1) is 0 Å². The predicted octanol–water partition coefficient (Wildman–Crippen LogP) is 3.06. The number of aliphatic hydroxyl groups excluding tert-OH is 1. The molecule has 1 aliphatic rings. The maximum atomic E-state index is 12.8. The van der Waals surface area contributed by atoms with Crippen LogP contribution in [0.5, 0.6) is 5.75 Å². The van der Waals surface area contributed by atoms with Crippen molar-refractivity contribution in [2.75, 3.05) is 28.6 Å². The quantitative estimate of drug-likeness (QED) is 0.421. The third-order valence-corrected chi connectivity index (χ3v) is 5.23. The van der Waals surface area contributed by atoms with Gasteiger partial charge in [0.25, 0.3) is 11.8 Å². The lowest BCUT2D eigenvalue weighted by molar-refractivity contribution is -0.0964. The van der Waals surface area contributed by atoms with Gasteiger partial charge in [0, 0.05) is 49.8 Å². The molecule has 35 heavy (non-hydrogen) atoms. The van der Waals surface area contributed by atoms with Gasteiger partial charge in [-0.2, -0.15) is 5.10 Å². The summed E-state index contributed by atoms with van der Waals surface area (Å²) < 4.78 is 31.2. The first-order valence-corrected chi connectivity index (χ1v) is 10.9. The van der Waals surface area contributed by atoms with Crippen LogP contribution in [0.15, 0.2) is 48.9 Å². The van der Waals surface area contributed by atoms with E-state index in [1.54, 1.807) is 13.2 Å². The Morgan fingerprint density at radius 1 is 1.17 bits per heavy atom. The molecule has 3 aromatic rings. The number of carbonyl (C=O) groups excluding carboxylic acids is 2. The monoisotopic (exact) mass is 506 g/mol. The Bertz CT molecular complexity index is 1230. The zero-order chi connectivity index (χ0) is 25.2. The van der Waals surface area contributed by atoms with Gasteiger partial charge in [-0.15, -0.1) is 8.78 Å². The summed E-state index contributed by atoms with van der Waals surface area (Å²) in [6, 6.07) is 6.67. The molecule has 0 saturated carbocycles. The first-order chi connectivity index (χ1) is 16.6. The van der Waals surface area contributed by atoms with Crippen LogP contribution >= 0.6 is 11.6 Å². The maximum Gasteiger partial charge on any atom is 0.487 e. The molecule has 1 aromatic carbocycles. The minimum Gasteiger partial charge on any atom is -0.420 e. The number of halogens is 3. The van der Waals surface area contributed by atoms with Gasteiger partial charge in [-0.05, 0) is 36.8 Å². The van der Waals surface area contributed by atoms with E-state index in [2.05, 4.69) is 25.5 Å². The van der Waals surface area contributed by atoms with Crippen molar-refractivity contribution < 1.29 is 28.2 Å². The molecule has 1 fully saturated rings. The van der Waals surface area contributed by atoms with Crippen molar-refractivity contribution in [3.63, 3.8) is 0 Å². The highest BCUT2D eigenvalue weighted by Crippen LogP contribution is 2.29. The zero-order valence-electron chi connectivity index (χ0n) is 18.4. The molecular formula is C22H21ClF2N6O4. The highest BCUT2D eigenvalue weighted by molar-refractivity contribution is 6.20. The van der Waals surface area contributed by atoms with E-state index in [4.69, 9.17) is 11.6 Å². The summed E-state index contributed by atoms with van der Waals surface area (Å²) in [4.78, 5) is 31.7. The fraction of sp³-hybridized carbons (Fsp3) is 0.273. The van der Waals surface area contributed by atoms with E-state index in [0.717, 1.165) is 0 Å². The largest absolute Gasteiger partial charge is 0.487 e. The van der Waals surface area contributed by atoms with Gasteiger partial charge in [-0.1, -0.05) is 0 Å². The van der Waals surface area contributed by atoms with Crippen molar-refractivity contribution in [1.29, 1.82) is 0 Å². The number of nitrogens with one attached hydrogen (secondary N) is 2. The number of hydrogen-bond donors (Lipinski definition) is 3. The number of β-amino-alcohol motifs (C(OH)–C–C–N with tert-alkyl or cyclic N) is 1. The number of rotatable bonds is 7.